The van der Waals surface area contributed by atoms with Gasteiger partial charge < -0.3 is 10.2 Å². The summed E-state index contributed by atoms with van der Waals surface area (Å²) in [5.74, 6) is -0.254. The summed E-state index contributed by atoms with van der Waals surface area (Å²) in [6.45, 7) is 2.55. The molecular weight excluding hydrogens is 295 g/mol. The van der Waals surface area contributed by atoms with Gasteiger partial charge in [-0.05, 0) is 43.0 Å². The Balaban J connectivity index is 1.62. The van der Waals surface area contributed by atoms with E-state index >= 15 is 0 Å². The number of hydrogen-bond acceptors (Lipinski definition) is 2. The van der Waals surface area contributed by atoms with Crippen molar-refractivity contribution in [1.82, 2.24) is 5.32 Å². The normalized spacial score (nSPS) is 28.0. The molecule has 5 heteroatoms. The van der Waals surface area contributed by atoms with E-state index in [4.69, 9.17) is 0 Å². The number of anilines is 1. The molecule has 124 valence electrons. The molecular formula is C18H23FN2O2. The number of rotatable bonds is 3. The lowest BCUT2D eigenvalue weighted by Gasteiger charge is -2.30. The van der Waals surface area contributed by atoms with E-state index in [2.05, 4.69) is 12.2 Å². The number of hydrogen-bond donors (Lipinski definition) is 1. The zero-order chi connectivity index (χ0) is 16.4. The van der Waals surface area contributed by atoms with Gasteiger partial charge >= 0.3 is 0 Å². The first-order valence-corrected chi connectivity index (χ1v) is 8.41. The highest BCUT2D eigenvalue weighted by atomic mass is 19.1. The molecule has 2 amide bonds. The van der Waals surface area contributed by atoms with E-state index in [-0.39, 0.29) is 36.0 Å². The number of carbonyl (C=O) groups excluding carboxylic acids is 2. The standard InChI is InChI=1S/C18H23FN2O2/c1-12-4-2-3-5-16(12)20-18(23)13-10-17(22)21(11-13)15-8-6-14(19)7-9-15/h6-9,12-13,16H,2-5,10-11H2,1H3,(H,20,23). The summed E-state index contributed by atoms with van der Waals surface area (Å²) >= 11 is 0. The van der Waals surface area contributed by atoms with Crippen LogP contribution in [-0.2, 0) is 9.59 Å². The van der Waals surface area contributed by atoms with Gasteiger partial charge in [0.05, 0.1) is 5.92 Å². The minimum atomic E-state index is -0.332. The molecule has 1 N–H and O–H groups in total. The maximum Gasteiger partial charge on any atom is 0.227 e. The topological polar surface area (TPSA) is 49.4 Å². The quantitative estimate of drug-likeness (QED) is 0.931. The highest BCUT2D eigenvalue weighted by molar-refractivity contribution is 6.00. The van der Waals surface area contributed by atoms with Crippen molar-refractivity contribution in [3.63, 3.8) is 0 Å². The monoisotopic (exact) mass is 318 g/mol. The zero-order valence-corrected chi connectivity index (χ0v) is 13.4. The molecule has 0 radical (unpaired) electrons. The van der Waals surface area contributed by atoms with Crippen LogP contribution in [0.3, 0.4) is 0 Å². The Morgan fingerprint density at radius 3 is 2.61 bits per heavy atom. The Kier molecular flexibility index (Phi) is 4.64. The molecule has 1 saturated heterocycles. The Hall–Kier alpha value is -1.91. The average Bonchev–Trinajstić information content (AvgIpc) is 2.92. The van der Waals surface area contributed by atoms with Crippen molar-refractivity contribution >= 4 is 17.5 Å². The lowest BCUT2D eigenvalue weighted by molar-refractivity contribution is -0.127. The second kappa shape index (κ2) is 6.69. The SMILES string of the molecule is CC1CCCCC1NC(=O)C1CC(=O)N(c2ccc(F)cc2)C1. The Morgan fingerprint density at radius 1 is 1.22 bits per heavy atom. The van der Waals surface area contributed by atoms with Crippen molar-refractivity contribution in [3.05, 3.63) is 30.1 Å². The molecule has 4 nitrogen and oxygen atoms in total. The molecule has 0 spiro atoms. The van der Waals surface area contributed by atoms with Crippen LogP contribution in [0.15, 0.2) is 24.3 Å². The minimum Gasteiger partial charge on any atom is -0.353 e. The molecule has 2 aliphatic rings. The molecule has 3 atom stereocenters. The first-order chi connectivity index (χ1) is 11.0. The Labute approximate surface area is 136 Å². The molecule has 1 aliphatic heterocycles. The molecule has 0 aromatic heterocycles. The molecule has 2 fully saturated rings. The van der Waals surface area contributed by atoms with Gasteiger partial charge in [0.2, 0.25) is 11.8 Å². The minimum absolute atomic E-state index is 0.0262. The van der Waals surface area contributed by atoms with Crippen LogP contribution in [-0.4, -0.2) is 24.4 Å². The van der Waals surface area contributed by atoms with E-state index in [1.807, 2.05) is 0 Å². The number of halogens is 1. The van der Waals surface area contributed by atoms with Gasteiger partial charge in [0, 0.05) is 24.7 Å². The van der Waals surface area contributed by atoms with Crippen LogP contribution in [0.1, 0.15) is 39.0 Å². The molecule has 23 heavy (non-hydrogen) atoms. The number of nitrogens with zero attached hydrogens (tertiary/aromatic N) is 1. The first kappa shape index (κ1) is 16.0. The molecule has 1 heterocycles. The summed E-state index contributed by atoms with van der Waals surface area (Å²) in [6.07, 6.45) is 4.78. The molecule has 3 rings (SSSR count). The fourth-order valence-electron chi connectivity index (χ4n) is 3.59. The smallest absolute Gasteiger partial charge is 0.227 e. The van der Waals surface area contributed by atoms with Crippen molar-refractivity contribution in [2.45, 2.75) is 45.1 Å². The van der Waals surface area contributed by atoms with E-state index in [9.17, 15) is 14.0 Å². The molecule has 1 aromatic carbocycles. The van der Waals surface area contributed by atoms with Crippen molar-refractivity contribution in [2.75, 3.05) is 11.4 Å². The fraction of sp³-hybridized carbons (Fsp3) is 0.556. The van der Waals surface area contributed by atoms with Gasteiger partial charge in [-0.2, -0.15) is 0 Å². The summed E-state index contributed by atoms with van der Waals surface area (Å²) in [5, 5.41) is 3.13. The van der Waals surface area contributed by atoms with Gasteiger partial charge in [0.15, 0.2) is 0 Å². The van der Waals surface area contributed by atoms with Crippen LogP contribution >= 0.6 is 0 Å². The molecule has 1 saturated carbocycles. The number of amides is 2. The second-order valence-electron chi connectivity index (χ2n) is 6.76. The average molecular weight is 318 g/mol. The van der Waals surface area contributed by atoms with E-state index in [0.29, 0.717) is 18.2 Å². The zero-order valence-electron chi connectivity index (χ0n) is 13.4. The number of carbonyl (C=O) groups is 2. The molecule has 0 bridgehead atoms. The van der Waals surface area contributed by atoms with Gasteiger partial charge in [0.1, 0.15) is 5.82 Å². The van der Waals surface area contributed by atoms with Crippen LogP contribution in [0, 0.1) is 17.7 Å². The van der Waals surface area contributed by atoms with E-state index in [0.717, 1.165) is 19.3 Å². The largest absolute Gasteiger partial charge is 0.353 e. The third kappa shape index (κ3) is 3.54. The molecule has 1 aliphatic carbocycles. The summed E-state index contributed by atoms with van der Waals surface area (Å²) in [6, 6.07) is 6.05. The van der Waals surface area contributed by atoms with Gasteiger partial charge in [-0.25, -0.2) is 4.39 Å². The van der Waals surface area contributed by atoms with Crippen LogP contribution in [0.2, 0.25) is 0 Å². The van der Waals surface area contributed by atoms with Crippen molar-refractivity contribution in [2.24, 2.45) is 11.8 Å². The summed E-state index contributed by atoms with van der Waals surface area (Å²) in [4.78, 5) is 26.2. The van der Waals surface area contributed by atoms with Crippen LogP contribution < -0.4 is 10.2 Å². The predicted octanol–water partition coefficient (Wildman–Crippen LogP) is 2.87. The molecule has 1 aromatic rings. The summed E-state index contributed by atoms with van der Waals surface area (Å²) in [7, 11) is 0. The van der Waals surface area contributed by atoms with Crippen LogP contribution in [0.5, 0.6) is 0 Å². The van der Waals surface area contributed by atoms with Gasteiger partial charge in [0.25, 0.3) is 0 Å². The van der Waals surface area contributed by atoms with Crippen molar-refractivity contribution in [1.29, 1.82) is 0 Å². The van der Waals surface area contributed by atoms with Crippen LogP contribution in [0.25, 0.3) is 0 Å². The van der Waals surface area contributed by atoms with E-state index in [1.165, 1.54) is 18.6 Å². The fourth-order valence-corrected chi connectivity index (χ4v) is 3.59. The van der Waals surface area contributed by atoms with Crippen molar-refractivity contribution < 1.29 is 14.0 Å². The van der Waals surface area contributed by atoms with Crippen molar-refractivity contribution in [3.8, 4) is 0 Å². The lowest BCUT2D eigenvalue weighted by atomic mass is 9.85. The summed E-state index contributed by atoms with van der Waals surface area (Å²) < 4.78 is 13.0. The highest BCUT2D eigenvalue weighted by Gasteiger charge is 2.36. The highest BCUT2D eigenvalue weighted by Crippen LogP contribution is 2.27. The first-order valence-electron chi connectivity index (χ1n) is 8.41. The van der Waals surface area contributed by atoms with Gasteiger partial charge in [-0.15, -0.1) is 0 Å². The van der Waals surface area contributed by atoms with Gasteiger partial charge in [-0.1, -0.05) is 19.8 Å². The molecule has 3 unspecified atom stereocenters. The van der Waals surface area contributed by atoms with E-state index in [1.54, 1.807) is 17.0 Å². The number of benzene rings is 1. The maximum absolute atomic E-state index is 13.0. The summed E-state index contributed by atoms with van der Waals surface area (Å²) in [5.41, 5.74) is 0.651. The maximum atomic E-state index is 13.0. The second-order valence-corrected chi connectivity index (χ2v) is 6.76. The van der Waals surface area contributed by atoms with Gasteiger partial charge in [-0.3, -0.25) is 9.59 Å². The lowest BCUT2D eigenvalue weighted by Crippen LogP contribution is -2.44. The predicted molar refractivity (Wildman–Crippen MR) is 86.4 cm³/mol. The Morgan fingerprint density at radius 2 is 1.91 bits per heavy atom. The number of nitrogens with one attached hydrogen (secondary N) is 1. The third-order valence-electron chi connectivity index (χ3n) is 5.07. The third-order valence-corrected chi connectivity index (χ3v) is 5.07. The van der Waals surface area contributed by atoms with Crippen LogP contribution in [0.4, 0.5) is 10.1 Å². The van der Waals surface area contributed by atoms with E-state index < -0.39 is 0 Å². The Bertz CT molecular complexity index is 587.